The van der Waals surface area contributed by atoms with Gasteiger partial charge in [0.2, 0.25) is 0 Å². The van der Waals surface area contributed by atoms with Gasteiger partial charge in [0.05, 0.1) is 12.2 Å². The molecule has 0 bridgehead atoms. The summed E-state index contributed by atoms with van der Waals surface area (Å²) in [6.45, 7) is 2.37. The fourth-order valence-corrected chi connectivity index (χ4v) is 3.97. The predicted molar refractivity (Wildman–Crippen MR) is 132 cm³/mol. The van der Waals surface area contributed by atoms with Crippen molar-refractivity contribution in [2.45, 2.75) is 13.0 Å². The first kappa shape index (κ1) is 23.6. The van der Waals surface area contributed by atoms with Gasteiger partial charge in [-0.15, -0.1) is 0 Å². The van der Waals surface area contributed by atoms with E-state index in [2.05, 4.69) is 0 Å². The Morgan fingerprint density at radius 3 is 1.97 bits per heavy atom. The highest BCUT2D eigenvalue weighted by Gasteiger charge is 2.28. The van der Waals surface area contributed by atoms with Crippen LogP contribution in [0.15, 0.2) is 84.9 Å². The van der Waals surface area contributed by atoms with Crippen LogP contribution in [0.2, 0.25) is 0 Å². The molecular weight excluding hydrogens is 465 g/mol. The maximum atomic E-state index is 15.0. The quantitative estimate of drug-likeness (QED) is 0.159. The predicted octanol–water partition coefficient (Wildman–Crippen LogP) is 7.76. The number of allylic oxidation sites excluding steroid dienone is 1. The molecule has 1 unspecified atom stereocenters. The number of hydrogen-bond donors (Lipinski definition) is 0. The molecular formula is C30H21F3O3. The lowest BCUT2D eigenvalue weighted by molar-refractivity contribution is 0.0734. The highest BCUT2D eigenvalue weighted by molar-refractivity contribution is 5.91. The Kier molecular flexibility index (Phi) is 6.44. The Morgan fingerprint density at radius 2 is 1.44 bits per heavy atom. The lowest BCUT2D eigenvalue weighted by Crippen LogP contribution is -2.09. The van der Waals surface area contributed by atoms with Crippen LogP contribution in [0.1, 0.15) is 34.5 Å². The topological polar surface area (TPSA) is 38.8 Å². The third kappa shape index (κ3) is 4.81. The molecule has 0 spiro atoms. The van der Waals surface area contributed by atoms with Crippen molar-refractivity contribution in [3.63, 3.8) is 0 Å². The van der Waals surface area contributed by atoms with Gasteiger partial charge in [-0.1, -0.05) is 66.7 Å². The first-order valence-corrected chi connectivity index (χ1v) is 11.4. The first-order chi connectivity index (χ1) is 17.4. The number of hydrogen-bond acceptors (Lipinski definition) is 3. The van der Waals surface area contributed by atoms with Crippen LogP contribution in [0.4, 0.5) is 13.2 Å². The van der Waals surface area contributed by atoms with Gasteiger partial charge < -0.3 is 9.47 Å². The molecule has 1 aliphatic heterocycles. The molecule has 0 amide bonds. The van der Waals surface area contributed by atoms with E-state index in [0.717, 1.165) is 11.6 Å². The summed E-state index contributed by atoms with van der Waals surface area (Å²) in [7, 11) is 0. The molecule has 1 aliphatic rings. The molecule has 3 nitrogen and oxygen atoms in total. The Balaban J connectivity index is 1.32. The van der Waals surface area contributed by atoms with Gasteiger partial charge in [0.1, 0.15) is 17.7 Å². The minimum absolute atomic E-state index is 0.0587. The van der Waals surface area contributed by atoms with E-state index < -0.39 is 23.4 Å². The fraction of sp³-hybridized carbons (Fsp3) is 0.100. The summed E-state index contributed by atoms with van der Waals surface area (Å²) < 4.78 is 54.5. The Hall–Kier alpha value is -4.16. The van der Waals surface area contributed by atoms with E-state index in [0.29, 0.717) is 23.3 Å². The Bertz CT molecular complexity index is 1450. The number of rotatable bonds is 6. The number of ether oxygens (including phenoxy) is 2. The van der Waals surface area contributed by atoms with Crippen LogP contribution < -0.4 is 4.74 Å². The molecule has 1 heterocycles. The smallest absolute Gasteiger partial charge is 0.343 e. The largest absolute Gasteiger partial charge is 0.423 e. The minimum Gasteiger partial charge on any atom is -0.423 e. The van der Waals surface area contributed by atoms with Gasteiger partial charge in [0.25, 0.3) is 0 Å². The van der Waals surface area contributed by atoms with Gasteiger partial charge in [-0.25, -0.2) is 18.0 Å². The molecule has 0 aliphatic carbocycles. The van der Waals surface area contributed by atoms with Gasteiger partial charge in [0.15, 0.2) is 11.6 Å². The molecule has 5 rings (SSSR count). The molecule has 0 N–H and O–H groups in total. The third-order valence-corrected chi connectivity index (χ3v) is 5.96. The van der Waals surface area contributed by atoms with Crippen molar-refractivity contribution in [1.29, 1.82) is 0 Å². The molecule has 0 radical (unpaired) electrons. The molecule has 1 atom stereocenters. The normalized spacial score (nSPS) is 14.7. The second kappa shape index (κ2) is 9.84. The molecule has 4 aromatic carbocycles. The van der Waals surface area contributed by atoms with Crippen molar-refractivity contribution in [2.24, 2.45) is 0 Å². The zero-order chi connectivity index (χ0) is 25.2. The molecule has 180 valence electrons. The van der Waals surface area contributed by atoms with E-state index in [4.69, 9.17) is 9.47 Å². The van der Waals surface area contributed by atoms with E-state index in [1.807, 2.05) is 31.2 Å². The second-order valence-corrected chi connectivity index (χ2v) is 8.38. The second-order valence-electron chi connectivity index (χ2n) is 8.38. The zero-order valence-corrected chi connectivity index (χ0v) is 19.3. The molecule has 0 aromatic heterocycles. The van der Waals surface area contributed by atoms with Crippen LogP contribution in [-0.4, -0.2) is 12.6 Å². The Morgan fingerprint density at radius 1 is 0.861 bits per heavy atom. The van der Waals surface area contributed by atoms with Crippen LogP contribution >= 0.6 is 0 Å². The number of carbonyl (C=O) groups excluding carboxylic acids is 1. The summed E-state index contributed by atoms with van der Waals surface area (Å²) in [4.78, 5) is 12.4. The average molecular weight is 486 g/mol. The van der Waals surface area contributed by atoms with Crippen LogP contribution in [0.25, 0.3) is 28.3 Å². The van der Waals surface area contributed by atoms with Crippen LogP contribution in [0, 0.1) is 17.5 Å². The zero-order valence-electron chi connectivity index (χ0n) is 19.3. The monoisotopic (exact) mass is 486 g/mol. The first-order valence-electron chi connectivity index (χ1n) is 11.4. The number of epoxide rings is 1. The summed E-state index contributed by atoms with van der Waals surface area (Å²) in [6, 6.07) is 20.3. The standard InChI is InChI=1S/C30H21F3O3/c1-2-3-18-4-6-19(7-5-18)23-14-15-24(29(33)28(23)32)20-8-11-22(12-9-20)36-30(34)21-10-13-25(26(31)16-21)27-17-35-27/h2-16,27H,17H2,1H3/b3-2+. The summed E-state index contributed by atoms with van der Waals surface area (Å²) in [5.41, 5.74) is 2.67. The van der Waals surface area contributed by atoms with Gasteiger partial charge in [-0.2, -0.15) is 0 Å². The molecule has 1 saturated heterocycles. The minimum atomic E-state index is -0.968. The number of carbonyl (C=O) groups is 1. The summed E-state index contributed by atoms with van der Waals surface area (Å²) >= 11 is 0. The van der Waals surface area contributed by atoms with E-state index in [1.165, 1.54) is 48.5 Å². The van der Waals surface area contributed by atoms with E-state index >= 15 is 0 Å². The van der Waals surface area contributed by atoms with Crippen LogP contribution in [-0.2, 0) is 4.74 Å². The van der Waals surface area contributed by atoms with E-state index in [9.17, 15) is 18.0 Å². The third-order valence-electron chi connectivity index (χ3n) is 5.96. The number of benzene rings is 4. The molecule has 0 saturated carbocycles. The maximum Gasteiger partial charge on any atom is 0.343 e. The lowest BCUT2D eigenvalue weighted by atomic mass is 9.98. The van der Waals surface area contributed by atoms with Crippen molar-refractivity contribution >= 4 is 12.0 Å². The maximum absolute atomic E-state index is 15.0. The van der Waals surface area contributed by atoms with Gasteiger partial charge in [0, 0.05) is 16.7 Å². The van der Waals surface area contributed by atoms with Gasteiger partial charge in [-0.3, -0.25) is 0 Å². The Labute approximate surface area is 206 Å². The molecule has 1 fully saturated rings. The van der Waals surface area contributed by atoms with E-state index in [-0.39, 0.29) is 28.5 Å². The average Bonchev–Trinajstić information content (AvgIpc) is 3.72. The molecule has 36 heavy (non-hydrogen) atoms. The molecule has 4 aromatic rings. The summed E-state index contributed by atoms with van der Waals surface area (Å²) in [5.74, 6) is -2.98. The lowest BCUT2D eigenvalue weighted by Gasteiger charge is -2.10. The van der Waals surface area contributed by atoms with Crippen LogP contribution in [0.3, 0.4) is 0 Å². The van der Waals surface area contributed by atoms with Crippen LogP contribution in [0.5, 0.6) is 5.75 Å². The van der Waals surface area contributed by atoms with Crippen molar-refractivity contribution in [1.82, 2.24) is 0 Å². The van der Waals surface area contributed by atoms with E-state index in [1.54, 1.807) is 12.1 Å². The SMILES string of the molecule is C/C=C/c1ccc(-c2ccc(-c3ccc(OC(=O)c4ccc(C5CO5)c(F)c4)cc3)c(F)c2F)cc1. The highest BCUT2D eigenvalue weighted by atomic mass is 19.2. The highest BCUT2D eigenvalue weighted by Crippen LogP contribution is 2.33. The fourth-order valence-electron chi connectivity index (χ4n) is 3.97. The van der Waals surface area contributed by atoms with Crippen molar-refractivity contribution in [2.75, 3.05) is 6.61 Å². The summed E-state index contributed by atoms with van der Waals surface area (Å²) in [5, 5.41) is 0. The van der Waals surface area contributed by atoms with Crippen molar-refractivity contribution in [3.05, 3.63) is 119 Å². The summed E-state index contributed by atoms with van der Waals surface area (Å²) in [6.07, 6.45) is 3.56. The van der Waals surface area contributed by atoms with Crippen molar-refractivity contribution in [3.8, 4) is 28.0 Å². The van der Waals surface area contributed by atoms with Gasteiger partial charge in [-0.05, 0) is 47.9 Å². The van der Waals surface area contributed by atoms with Gasteiger partial charge >= 0.3 is 5.97 Å². The van der Waals surface area contributed by atoms with Crippen molar-refractivity contribution < 1.29 is 27.4 Å². The number of halogens is 3. The molecule has 6 heteroatoms. The number of esters is 1.